The number of hydrogen-bond acceptors (Lipinski definition) is 5. The van der Waals surface area contributed by atoms with E-state index in [9.17, 15) is 0 Å². The highest BCUT2D eigenvalue weighted by Crippen LogP contribution is 2.17. The highest BCUT2D eigenvalue weighted by Gasteiger charge is 2.22. The van der Waals surface area contributed by atoms with E-state index in [1.54, 1.807) is 6.07 Å². The molecule has 0 amide bonds. The first-order valence-electron chi connectivity index (χ1n) is 6.28. The number of nitrogens with two attached hydrogens (primary N) is 1. The summed E-state index contributed by atoms with van der Waals surface area (Å²) in [5.41, 5.74) is 5.70. The monoisotopic (exact) mass is 235 g/mol. The van der Waals surface area contributed by atoms with Crippen molar-refractivity contribution in [2.24, 2.45) is 0 Å². The van der Waals surface area contributed by atoms with Crippen molar-refractivity contribution in [1.29, 1.82) is 0 Å². The molecule has 3 N–H and O–H groups in total. The van der Waals surface area contributed by atoms with Gasteiger partial charge >= 0.3 is 0 Å². The maximum atomic E-state index is 5.70. The van der Waals surface area contributed by atoms with E-state index in [0.717, 1.165) is 18.9 Å². The Balaban J connectivity index is 1.93. The lowest BCUT2D eigenvalue weighted by Crippen LogP contribution is -2.34. The van der Waals surface area contributed by atoms with Crippen LogP contribution in [0.25, 0.3) is 0 Å². The van der Waals surface area contributed by atoms with Gasteiger partial charge in [0.2, 0.25) is 0 Å². The first kappa shape index (κ1) is 12.1. The fourth-order valence-corrected chi connectivity index (χ4v) is 2.45. The van der Waals surface area contributed by atoms with Crippen LogP contribution in [-0.4, -0.2) is 40.5 Å². The third kappa shape index (κ3) is 3.06. The van der Waals surface area contributed by atoms with Gasteiger partial charge in [0.15, 0.2) is 0 Å². The number of likely N-dealkylation sites (tertiary alicyclic amines) is 1. The average molecular weight is 235 g/mol. The van der Waals surface area contributed by atoms with E-state index in [1.165, 1.54) is 19.4 Å². The molecule has 0 radical (unpaired) electrons. The highest BCUT2D eigenvalue weighted by atomic mass is 15.2. The van der Waals surface area contributed by atoms with Crippen molar-refractivity contribution in [2.45, 2.75) is 32.7 Å². The maximum absolute atomic E-state index is 5.70. The summed E-state index contributed by atoms with van der Waals surface area (Å²) in [6, 6.07) is 2.41. The lowest BCUT2D eigenvalue weighted by molar-refractivity contribution is 0.277. The number of hydrogen-bond donors (Lipinski definition) is 2. The first-order valence-corrected chi connectivity index (χ1v) is 6.28. The van der Waals surface area contributed by atoms with Crippen LogP contribution in [0, 0.1) is 6.92 Å². The van der Waals surface area contributed by atoms with Crippen LogP contribution in [0.4, 0.5) is 11.6 Å². The Bertz CT molecular complexity index is 359. The normalized spacial score (nSPS) is 20.7. The van der Waals surface area contributed by atoms with E-state index in [4.69, 9.17) is 5.73 Å². The topological polar surface area (TPSA) is 67.1 Å². The average Bonchev–Trinajstić information content (AvgIpc) is 2.72. The minimum Gasteiger partial charge on any atom is -0.384 e. The predicted octanol–water partition coefficient (Wildman–Crippen LogP) is 1.26. The van der Waals surface area contributed by atoms with Crippen LogP contribution < -0.4 is 11.1 Å². The molecular weight excluding hydrogens is 214 g/mol. The summed E-state index contributed by atoms with van der Waals surface area (Å²) in [5, 5.41) is 3.36. The number of likely N-dealkylation sites (N-methyl/N-ethyl adjacent to an activating group) is 1. The van der Waals surface area contributed by atoms with E-state index in [2.05, 4.69) is 27.1 Å². The Hall–Kier alpha value is -1.36. The fourth-order valence-electron chi connectivity index (χ4n) is 2.45. The smallest absolute Gasteiger partial charge is 0.131 e. The van der Waals surface area contributed by atoms with Gasteiger partial charge < -0.3 is 11.1 Å². The molecule has 0 aliphatic carbocycles. The van der Waals surface area contributed by atoms with Crippen LogP contribution in [0.1, 0.15) is 25.6 Å². The molecule has 2 rings (SSSR count). The standard InChI is InChI=1S/C12H21N5/c1-3-17-6-4-5-10(17)8-14-12-7-11(13)15-9(2)16-12/h7,10H,3-6,8H2,1-2H3,(H3,13,14,15,16). The molecule has 5 nitrogen and oxygen atoms in total. The molecule has 0 bridgehead atoms. The molecule has 1 fully saturated rings. The summed E-state index contributed by atoms with van der Waals surface area (Å²) in [4.78, 5) is 10.9. The van der Waals surface area contributed by atoms with Crippen molar-refractivity contribution in [3.63, 3.8) is 0 Å². The molecule has 5 heteroatoms. The predicted molar refractivity (Wildman–Crippen MR) is 69.9 cm³/mol. The summed E-state index contributed by atoms with van der Waals surface area (Å²) in [6.07, 6.45) is 2.56. The quantitative estimate of drug-likeness (QED) is 0.822. The van der Waals surface area contributed by atoms with Crippen molar-refractivity contribution < 1.29 is 0 Å². The minimum atomic E-state index is 0.527. The van der Waals surface area contributed by atoms with Gasteiger partial charge in [0.05, 0.1) is 0 Å². The molecule has 1 aliphatic heterocycles. The zero-order valence-electron chi connectivity index (χ0n) is 10.6. The molecular formula is C12H21N5. The summed E-state index contributed by atoms with van der Waals surface area (Å²) >= 11 is 0. The number of aryl methyl sites for hydroxylation is 1. The van der Waals surface area contributed by atoms with Gasteiger partial charge in [-0.3, -0.25) is 4.90 Å². The van der Waals surface area contributed by atoms with Gasteiger partial charge in [0.1, 0.15) is 17.5 Å². The summed E-state index contributed by atoms with van der Waals surface area (Å²) in [6.45, 7) is 7.34. The van der Waals surface area contributed by atoms with Crippen LogP contribution in [0.5, 0.6) is 0 Å². The molecule has 1 aromatic rings. The molecule has 1 aromatic heterocycles. The Kier molecular flexibility index (Phi) is 3.78. The lowest BCUT2D eigenvalue weighted by atomic mass is 10.2. The van der Waals surface area contributed by atoms with Gasteiger partial charge in [0, 0.05) is 18.7 Å². The molecule has 0 saturated carbocycles. The van der Waals surface area contributed by atoms with Crippen LogP contribution in [0.3, 0.4) is 0 Å². The Labute approximate surface area is 102 Å². The molecule has 1 aliphatic rings. The Morgan fingerprint density at radius 1 is 1.53 bits per heavy atom. The summed E-state index contributed by atoms with van der Waals surface area (Å²) in [7, 11) is 0. The molecule has 2 heterocycles. The van der Waals surface area contributed by atoms with Gasteiger partial charge in [-0.25, -0.2) is 9.97 Å². The number of nitrogens with one attached hydrogen (secondary N) is 1. The molecule has 0 spiro atoms. The second-order valence-corrected chi connectivity index (χ2v) is 4.53. The van der Waals surface area contributed by atoms with Crippen LogP contribution >= 0.6 is 0 Å². The van der Waals surface area contributed by atoms with Gasteiger partial charge in [-0.15, -0.1) is 0 Å². The van der Waals surface area contributed by atoms with E-state index in [1.807, 2.05) is 6.92 Å². The van der Waals surface area contributed by atoms with E-state index in [-0.39, 0.29) is 0 Å². The molecule has 94 valence electrons. The zero-order chi connectivity index (χ0) is 12.3. The number of nitrogens with zero attached hydrogens (tertiary/aromatic N) is 3. The Morgan fingerprint density at radius 2 is 2.35 bits per heavy atom. The molecule has 17 heavy (non-hydrogen) atoms. The second-order valence-electron chi connectivity index (χ2n) is 4.53. The molecule has 1 saturated heterocycles. The number of nitrogen functional groups attached to an aromatic ring is 1. The maximum Gasteiger partial charge on any atom is 0.131 e. The number of rotatable bonds is 4. The molecule has 1 unspecified atom stereocenters. The SMILES string of the molecule is CCN1CCCC1CNc1cc(N)nc(C)n1. The molecule has 0 aromatic carbocycles. The summed E-state index contributed by atoms with van der Waals surface area (Å²) in [5.74, 6) is 2.07. The third-order valence-electron chi connectivity index (χ3n) is 3.28. The first-order chi connectivity index (χ1) is 8.19. The van der Waals surface area contributed by atoms with E-state index in [0.29, 0.717) is 17.7 Å². The number of anilines is 2. The van der Waals surface area contributed by atoms with Crippen molar-refractivity contribution in [3.05, 3.63) is 11.9 Å². The second kappa shape index (κ2) is 5.31. The Morgan fingerprint density at radius 3 is 3.06 bits per heavy atom. The summed E-state index contributed by atoms with van der Waals surface area (Å²) < 4.78 is 0. The third-order valence-corrected chi connectivity index (χ3v) is 3.28. The van der Waals surface area contributed by atoms with Crippen molar-refractivity contribution in [2.75, 3.05) is 30.7 Å². The minimum absolute atomic E-state index is 0.527. The van der Waals surface area contributed by atoms with Crippen molar-refractivity contribution in [1.82, 2.24) is 14.9 Å². The largest absolute Gasteiger partial charge is 0.384 e. The van der Waals surface area contributed by atoms with Crippen LogP contribution in [-0.2, 0) is 0 Å². The molecule has 1 atom stereocenters. The highest BCUT2D eigenvalue weighted by molar-refractivity contribution is 5.44. The van der Waals surface area contributed by atoms with Gasteiger partial charge in [-0.1, -0.05) is 6.92 Å². The van der Waals surface area contributed by atoms with Crippen LogP contribution in [0.15, 0.2) is 6.07 Å². The number of aromatic nitrogens is 2. The lowest BCUT2D eigenvalue weighted by Gasteiger charge is -2.23. The fraction of sp³-hybridized carbons (Fsp3) is 0.667. The van der Waals surface area contributed by atoms with E-state index < -0.39 is 0 Å². The van der Waals surface area contributed by atoms with Crippen molar-refractivity contribution >= 4 is 11.6 Å². The van der Waals surface area contributed by atoms with Crippen LogP contribution in [0.2, 0.25) is 0 Å². The van der Waals surface area contributed by atoms with E-state index >= 15 is 0 Å². The zero-order valence-corrected chi connectivity index (χ0v) is 10.6. The van der Waals surface area contributed by atoms with Gasteiger partial charge in [0.25, 0.3) is 0 Å². The van der Waals surface area contributed by atoms with Crippen molar-refractivity contribution in [3.8, 4) is 0 Å². The van der Waals surface area contributed by atoms with Gasteiger partial charge in [-0.2, -0.15) is 0 Å². The van der Waals surface area contributed by atoms with Gasteiger partial charge in [-0.05, 0) is 32.9 Å².